The van der Waals surface area contributed by atoms with Crippen molar-refractivity contribution in [2.24, 2.45) is 0 Å². The average molecular weight is 225 g/mol. The third-order valence-corrected chi connectivity index (χ3v) is 2.89. The van der Waals surface area contributed by atoms with Crippen molar-refractivity contribution in [3.8, 4) is 0 Å². The molecule has 0 amide bonds. The summed E-state index contributed by atoms with van der Waals surface area (Å²) < 4.78 is 0. The van der Waals surface area contributed by atoms with E-state index in [-0.39, 0.29) is 0 Å². The minimum Gasteiger partial charge on any atom is -0.480 e. The summed E-state index contributed by atoms with van der Waals surface area (Å²) in [4.78, 5) is 11.8. The summed E-state index contributed by atoms with van der Waals surface area (Å²) in [6.45, 7) is 3.71. The van der Waals surface area contributed by atoms with E-state index >= 15 is 0 Å². The van der Waals surface area contributed by atoms with E-state index in [9.17, 15) is 4.79 Å². The number of nitrogens with one attached hydrogen (secondary N) is 1. The second kappa shape index (κ2) is 5.66. The van der Waals surface area contributed by atoms with Crippen LogP contribution in [0.5, 0.6) is 0 Å². The Morgan fingerprint density at radius 2 is 2.20 bits per heavy atom. The molecule has 3 nitrogen and oxygen atoms in total. The van der Waals surface area contributed by atoms with Gasteiger partial charge < -0.3 is 10.4 Å². The van der Waals surface area contributed by atoms with Crippen molar-refractivity contribution in [3.05, 3.63) is 24.3 Å². The van der Waals surface area contributed by atoms with Crippen LogP contribution >= 0.6 is 11.8 Å². The van der Waals surface area contributed by atoms with Gasteiger partial charge in [-0.1, -0.05) is 19.1 Å². The third kappa shape index (κ3) is 3.47. The van der Waals surface area contributed by atoms with Crippen LogP contribution in [0.3, 0.4) is 0 Å². The van der Waals surface area contributed by atoms with E-state index in [1.165, 1.54) is 0 Å². The number of hydrogen-bond donors (Lipinski definition) is 2. The van der Waals surface area contributed by atoms with Gasteiger partial charge in [-0.2, -0.15) is 0 Å². The Kier molecular flexibility index (Phi) is 4.49. The number of rotatable bonds is 5. The van der Waals surface area contributed by atoms with Crippen LogP contribution in [0.15, 0.2) is 29.2 Å². The van der Waals surface area contributed by atoms with Gasteiger partial charge in [0.1, 0.15) is 6.04 Å². The first-order valence-corrected chi connectivity index (χ1v) is 5.85. The smallest absolute Gasteiger partial charge is 0.325 e. The molecule has 0 saturated heterocycles. The Labute approximate surface area is 93.9 Å². The lowest BCUT2D eigenvalue weighted by Crippen LogP contribution is -2.25. The molecule has 1 rings (SSSR count). The summed E-state index contributed by atoms with van der Waals surface area (Å²) in [5.74, 6) is 0.131. The van der Waals surface area contributed by atoms with E-state index in [1.807, 2.05) is 24.3 Å². The van der Waals surface area contributed by atoms with Gasteiger partial charge in [-0.15, -0.1) is 11.8 Å². The van der Waals surface area contributed by atoms with Gasteiger partial charge in [0.2, 0.25) is 0 Å². The Balaban J connectivity index is 2.79. The van der Waals surface area contributed by atoms with Crippen LogP contribution in [-0.4, -0.2) is 22.9 Å². The van der Waals surface area contributed by atoms with Gasteiger partial charge in [0.05, 0.1) is 0 Å². The van der Waals surface area contributed by atoms with Crippen LogP contribution in [-0.2, 0) is 4.79 Å². The first-order chi connectivity index (χ1) is 7.15. The van der Waals surface area contributed by atoms with Gasteiger partial charge in [0, 0.05) is 10.6 Å². The molecule has 82 valence electrons. The van der Waals surface area contributed by atoms with Crippen LogP contribution in [0, 0.1) is 0 Å². The lowest BCUT2D eigenvalue weighted by Gasteiger charge is -2.14. The molecular formula is C11H15NO2S. The number of para-hydroxylation sites is 1. The van der Waals surface area contributed by atoms with Gasteiger partial charge in [-0.3, -0.25) is 4.79 Å². The lowest BCUT2D eigenvalue weighted by atomic mass is 10.2. The predicted octanol–water partition coefficient (Wildman–Crippen LogP) is 2.68. The number of benzene rings is 1. The monoisotopic (exact) mass is 225 g/mol. The summed E-state index contributed by atoms with van der Waals surface area (Å²) in [5, 5.41) is 11.8. The zero-order valence-corrected chi connectivity index (χ0v) is 9.67. The number of carboxylic acid groups (broad SMARTS) is 1. The maximum absolute atomic E-state index is 10.7. The van der Waals surface area contributed by atoms with E-state index in [0.29, 0.717) is 0 Å². The van der Waals surface area contributed by atoms with Crippen molar-refractivity contribution in [1.82, 2.24) is 0 Å². The minimum absolute atomic E-state index is 0.566. The normalized spacial score (nSPS) is 12.1. The number of aliphatic carboxylic acids is 1. The lowest BCUT2D eigenvalue weighted by molar-refractivity contribution is -0.137. The number of carboxylic acids is 1. The fourth-order valence-electron chi connectivity index (χ4n) is 1.16. The Morgan fingerprint density at radius 3 is 2.80 bits per heavy atom. The van der Waals surface area contributed by atoms with Crippen LogP contribution in [0.1, 0.15) is 13.8 Å². The van der Waals surface area contributed by atoms with Crippen LogP contribution < -0.4 is 5.32 Å². The average Bonchev–Trinajstić information content (AvgIpc) is 2.21. The Hall–Kier alpha value is -1.16. The molecule has 0 heterocycles. The quantitative estimate of drug-likeness (QED) is 0.756. The van der Waals surface area contributed by atoms with Crippen LogP contribution in [0.25, 0.3) is 0 Å². The first kappa shape index (κ1) is 11.9. The maximum Gasteiger partial charge on any atom is 0.325 e. The molecular weight excluding hydrogens is 210 g/mol. The van der Waals surface area contributed by atoms with Crippen LogP contribution in [0.2, 0.25) is 0 Å². The standard InChI is InChI=1S/C11H15NO2S/c1-3-15-10-7-5-4-6-9(10)12-8(2)11(13)14/h4-8,12H,3H2,1-2H3,(H,13,14). The molecule has 0 aliphatic rings. The molecule has 0 radical (unpaired) electrons. The largest absolute Gasteiger partial charge is 0.480 e. The number of hydrogen-bond acceptors (Lipinski definition) is 3. The summed E-state index contributed by atoms with van der Waals surface area (Å²) in [5.41, 5.74) is 0.888. The van der Waals surface area contributed by atoms with Crippen molar-refractivity contribution in [3.63, 3.8) is 0 Å². The fourth-order valence-corrected chi connectivity index (χ4v) is 1.93. The molecule has 1 atom stereocenters. The molecule has 0 spiro atoms. The number of thioether (sulfide) groups is 1. The molecule has 0 bridgehead atoms. The molecule has 15 heavy (non-hydrogen) atoms. The van der Waals surface area contributed by atoms with E-state index in [1.54, 1.807) is 18.7 Å². The van der Waals surface area contributed by atoms with Crippen molar-refractivity contribution in [2.45, 2.75) is 24.8 Å². The molecule has 1 aromatic rings. The second-order valence-electron chi connectivity index (χ2n) is 3.13. The molecule has 1 aromatic carbocycles. The zero-order valence-electron chi connectivity index (χ0n) is 8.86. The molecule has 0 aliphatic carbocycles. The molecule has 4 heteroatoms. The maximum atomic E-state index is 10.7. The zero-order chi connectivity index (χ0) is 11.3. The number of carbonyl (C=O) groups is 1. The summed E-state index contributed by atoms with van der Waals surface area (Å²) in [6.07, 6.45) is 0. The highest BCUT2D eigenvalue weighted by Gasteiger charge is 2.11. The molecule has 0 aliphatic heterocycles. The molecule has 0 saturated carbocycles. The molecule has 0 aromatic heterocycles. The highest BCUT2D eigenvalue weighted by molar-refractivity contribution is 7.99. The summed E-state index contributed by atoms with van der Waals surface area (Å²) in [6, 6.07) is 7.18. The van der Waals surface area contributed by atoms with E-state index in [4.69, 9.17) is 5.11 Å². The van der Waals surface area contributed by atoms with Crippen LogP contribution in [0.4, 0.5) is 5.69 Å². The van der Waals surface area contributed by atoms with Crippen molar-refractivity contribution in [2.75, 3.05) is 11.1 Å². The van der Waals surface area contributed by atoms with Gasteiger partial charge in [0.15, 0.2) is 0 Å². The van der Waals surface area contributed by atoms with Crippen molar-refractivity contribution >= 4 is 23.4 Å². The second-order valence-corrected chi connectivity index (χ2v) is 4.44. The Bertz CT molecular complexity index is 341. The predicted molar refractivity (Wildman–Crippen MR) is 63.6 cm³/mol. The topological polar surface area (TPSA) is 49.3 Å². The third-order valence-electron chi connectivity index (χ3n) is 1.93. The minimum atomic E-state index is -0.841. The van der Waals surface area contributed by atoms with Gasteiger partial charge in [0.25, 0.3) is 0 Å². The van der Waals surface area contributed by atoms with E-state index < -0.39 is 12.0 Å². The SMILES string of the molecule is CCSc1ccccc1NC(C)C(=O)O. The van der Waals surface area contributed by atoms with Gasteiger partial charge in [-0.25, -0.2) is 0 Å². The van der Waals surface area contributed by atoms with Crippen molar-refractivity contribution < 1.29 is 9.90 Å². The van der Waals surface area contributed by atoms with E-state index in [0.717, 1.165) is 16.3 Å². The fraction of sp³-hybridized carbons (Fsp3) is 0.364. The summed E-state index contributed by atoms with van der Waals surface area (Å²) in [7, 11) is 0. The molecule has 2 N–H and O–H groups in total. The molecule has 0 fully saturated rings. The summed E-state index contributed by atoms with van der Waals surface area (Å²) >= 11 is 1.70. The molecule has 1 unspecified atom stereocenters. The van der Waals surface area contributed by atoms with Crippen molar-refractivity contribution in [1.29, 1.82) is 0 Å². The highest BCUT2D eigenvalue weighted by atomic mass is 32.2. The van der Waals surface area contributed by atoms with E-state index in [2.05, 4.69) is 12.2 Å². The number of anilines is 1. The van der Waals surface area contributed by atoms with Gasteiger partial charge >= 0.3 is 5.97 Å². The highest BCUT2D eigenvalue weighted by Crippen LogP contribution is 2.26. The first-order valence-electron chi connectivity index (χ1n) is 4.86. The Morgan fingerprint density at radius 1 is 1.53 bits per heavy atom. The van der Waals surface area contributed by atoms with Gasteiger partial charge in [-0.05, 0) is 24.8 Å².